The zero-order chi connectivity index (χ0) is 21.2. The van der Waals surface area contributed by atoms with Crippen LogP contribution in [0.25, 0.3) is 0 Å². The summed E-state index contributed by atoms with van der Waals surface area (Å²) in [6.07, 6.45) is 1.13. The molecule has 0 aliphatic heterocycles. The summed E-state index contributed by atoms with van der Waals surface area (Å²) in [4.78, 5) is 20.3. The number of benzene rings is 1. The van der Waals surface area contributed by atoms with Gasteiger partial charge in [0, 0.05) is 11.3 Å². The fraction of sp³-hybridized carbons (Fsp3) is 0.105. The van der Waals surface area contributed by atoms with Crippen LogP contribution < -0.4 is 11.2 Å². The zero-order valence-corrected chi connectivity index (χ0v) is 16.3. The Labute approximate surface area is 171 Å². The van der Waals surface area contributed by atoms with E-state index in [1.807, 2.05) is 12.1 Å². The highest BCUT2D eigenvalue weighted by atomic mass is 32.2. The van der Waals surface area contributed by atoms with Crippen LogP contribution in [0.3, 0.4) is 0 Å². The quantitative estimate of drug-likeness (QED) is 0.249. The van der Waals surface area contributed by atoms with Crippen molar-refractivity contribution >= 4 is 45.4 Å². The number of hydrogen-bond donors (Lipinski definition) is 4. The molecule has 2 aromatic rings. The van der Waals surface area contributed by atoms with E-state index in [4.69, 9.17) is 21.9 Å². The molecule has 0 saturated carbocycles. The molecule has 5 N–H and O–H groups in total. The molecule has 10 heteroatoms. The Hall–Kier alpha value is -3.84. The van der Waals surface area contributed by atoms with E-state index in [-0.39, 0.29) is 33.7 Å². The number of thioether (sulfide) groups is 1. The number of nitrogens with zero attached hydrogens (tertiary/aromatic N) is 4. The Morgan fingerprint density at radius 3 is 2.69 bits per heavy atom. The summed E-state index contributed by atoms with van der Waals surface area (Å²) in [5.41, 5.74) is 1.58. The number of nitrogens with two attached hydrogens (primary N) is 1. The van der Waals surface area contributed by atoms with Crippen LogP contribution in [-0.4, -0.2) is 39.4 Å². The third-order valence-electron chi connectivity index (χ3n) is 3.49. The number of pyridine rings is 1. The molecule has 0 bridgehead atoms. The van der Waals surface area contributed by atoms with Crippen molar-refractivity contribution < 1.29 is 4.79 Å². The fourth-order valence-electron chi connectivity index (χ4n) is 2.08. The number of hydrogen-bond acceptors (Lipinski definition) is 9. The van der Waals surface area contributed by atoms with Gasteiger partial charge in [0.2, 0.25) is 0 Å². The van der Waals surface area contributed by atoms with Gasteiger partial charge in [0.05, 0.1) is 23.5 Å². The van der Waals surface area contributed by atoms with Gasteiger partial charge < -0.3 is 11.2 Å². The van der Waals surface area contributed by atoms with Crippen molar-refractivity contribution in [3.8, 4) is 6.07 Å². The minimum absolute atomic E-state index is 0.0787. The number of aliphatic imine (C=N–C) groups is 1. The molecular formula is C19H18N8OS. The van der Waals surface area contributed by atoms with Crippen molar-refractivity contribution in [2.45, 2.75) is 6.92 Å². The average Bonchev–Trinajstić information content (AvgIpc) is 2.74. The molecular weight excluding hydrogens is 388 g/mol. The summed E-state index contributed by atoms with van der Waals surface area (Å²) in [5.74, 6) is 4.62. The Morgan fingerprint density at radius 1 is 1.31 bits per heavy atom. The molecule has 9 nitrogen and oxygen atoms in total. The van der Waals surface area contributed by atoms with E-state index in [9.17, 15) is 4.79 Å². The zero-order valence-electron chi connectivity index (χ0n) is 15.5. The first kappa shape index (κ1) is 21.5. The predicted molar refractivity (Wildman–Crippen MR) is 115 cm³/mol. The standard InChI is InChI=1S/C19H18N8OS/c1-12-7-8-14(15(9-20)26-12)24-10-16(27-23)19(28)25-11-17(21)29-18(22)13-5-3-2-4-6-13/h2-8,10,21-22H,11,23H2,1H3,(H,25,28)/b21-17?,22-18?,24-10?,27-16+. The van der Waals surface area contributed by atoms with Crippen molar-refractivity contribution in [1.29, 1.82) is 16.1 Å². The van der Waals surface area contributed by atoms with Gasteiger partial charge in [-0.25, -0.2) is 4.98 Å². The summed E-state index contributed by atoms with van der Waals surface area (Å²) < 4.78 is 0. The molecule has 1 amide bonds. The summed E-state index contributed by atoms with van der Waals surface area (Å²) in [7, 11) is 0. The van der Waals surface area contributed by atoms with E-state index in [0.717, 1.165) is 18.0 Å². The van der Waals surface area contributed by atoms with Gasteiger partial charge >= 0.3 is 0 Å². The monoisotopic (exact) mass is 406 g/mol. The van der Waals surface area contributed by atoms with E-state index >= 15 is 0 Å². The second-order valence-electron chi connectivity index (χ2n) is 5.61. The van der Waals surface area contributed by atoms with Crippen molar-refractivity contribution in [3.05, 3.63) is 59.4 Å². The molecule has 29 heavy (non-hydrogen) atoms. The van der Waals surface area contributed by atoms with Crippen LogP contribution in [-0.2, 0) is 4.79 Å². The molecule has 2 rings (SSSR count). The normalized spacial score (nSPS) is 11.1. The van der Waals surface area contributed by atoms with E-state index in [2.05, 4.69) is 20.4 Å². The maximum absolute atomic E-state index is 12.2. The summed E-state index contributed by atoms with van der Waals surface area (Å²) in [6, 6.07) is 14.2. The highest BCUT2D eigenvalue weighted by Gasteiger charge is 2.12. The molecule has 0 fully saturated rings. The van der Waals surface area contributed by atoms with Crippen LogP contribution in [0.4, 0.5) is 5.69 Å². The first-order chi connectivity index (χ1) is 13.9. The molecule has 1 heterocycles. The molecule has 0 radical (unpaired) electrons. The maximum Gasteiger partial charge on any atom is 0.273 e. The minimum Gasteiger partial charge on any atom is -0.344 e. The molecule has 146 valence electrons. The Morgan fingerprint density at radius 2 is 2.03 bits per heavy atom. The molecule has 0 saturated heterocycles. The maximum atomic E-state index is 12.2. The van der Waals surface area contributed by atoms with E-state index in [0.29, 0.717) is 11.3 Å². The number of amides is 1. The highest BCUT2D eigenvalue weighted by molar-refractivity contribution is 8.26. The number of hydrazone groups is 1. The van der Waals surface area contributed by atoms with Crippen LogP contribution in [0.15, 0.2) is 52.6 Å². The lowest BCUT2D eigenvalue weighted by Crippen LogP contribution is -2.35. The SMILES string of the molecule is Cc1ccc(N=C/C(=N\N)C(=O)NCC(=N)SC(=N)c2ccccc2)c(C#N)n1. The number of nitrogens with one attached hydrogen (secondary N) is 3. The van der Waals surface area contributed by atoms with Crippen LogP contribution in [0.2, 0.25) is 0 Å². The number of aromatic nitrogens is 1. The summed E-state index contributed by atoms with van der Waals surface area (Å²) in [6.45, 7) is 1.65. The van der Waals surface area contributed by atoms with Crippen LogP contribution in [0.1, 0.15) is 17.0 Å². The van der Waals surface area contributed by atoms with E-state index in [1.54, 1.807) is 43.3 Å². The van der Waals surface area contributed by atoms with Gasteiger partial charge in [-0.2, -0.15) is 10.4 Å². The second kappa shape index (κ2) is 10.5. The number of carbonyl (C=O) groups excluding carboxylic acids is 1. The van der Waals surface area contributed by atoms with Gasteiger partial charge in [0.25, 0.3) is 5.91 Å². The average molecular weight is 406 g/mol. The molecule has 1 aromatic carbocycles. The van der Waals surface area contributed by atoms with Gasteiger partial charge in [-0.15, -0.1) is 0 Å². The minimum atomic E-state index is -0.633. The Balaban J connectivity index is 1.94. The highest BCUT2D eigenvalue weighted by Crippen LogP contribution is 2.16. The third-order valence-corrected chi connectivity index (χ3v) is 4.32. The number of carbonyl (C=O) groups is 1. The van der Waals surface area contributed by atoms with Gasteiger partial charge in [0.15, 0.2) is 11.4 Å². The largest absolute Gasteiger partial charge is 0.344 e. The topological polar surface area (TPSA) is 164 Å². The molecule has 0 unspecified atom stereocenters. The van der Waals surface area contributed by atoms with Crippen molar-refractivity contribution in [1.82, 2.24) is 10.3 Å². The number of nitriles is 1. The van der Waals surface area contributed by atoms with Gasteiger partial charge in [-0.1, -0.05) is 42.1 Å². The Kier molecular flexibility index (Phi) is 7.76. The van der Waals surface area contributed by atoms with E-state index in [1.165, 1.54) is 0 Å². The summed E-state index contributed by atoms with van der Waals surface area (Å²) in [5, 5.41) is 31.2. The number of rotatable bonds is 6. The van der Waals surface area contributed by atoms with Gasteiger partial charge in [0.1, 0.15) is 11.1 Å². The van der Waals surface area contributed by atoms with Crippen molar-refractivity contribution in [2.75, 3.05) is 6.54 Å². The fourth-order valence-corrected chi connectivity index (χ4v) is 2.72. The molecule has 0 aliphatic rings. The van der Waals surface area contributed by atoms with Crippen molar-refractivity contribution in [3.63, 3.8) is 0 Å². The lowest BCUT2D eigenvalue weighted by atomic mass is 10.2. The lowest BCUT2D eigenvalue weighted by molar-refractivity contribution is -0.114. The first-order valence-corrected chi connectivity index (χ1v) is 9.13. The molecule has 0 aliphatic carbocycles. The second-order valence-corrected chi connectivity index (χ2v) is 6.71. The smallest absolute Gasteiger partial charge is 0.273 e. The van der Waals surface area contributed by atoms with E-state index < -0.39 is 5.91 Å². The third kappa shape index (κ3) is 6.37. The Bertz CT molecular complexity index is 1020. The molecule has 0 spiro atoms. The lowest BCUT2D eigenvalue weighted by Gasteiger charge is -2.07. The predicted octanol–water partition coefficient (Wildman–Crippen LogP) is 2.13. The van der Waals surface area contributed by atoms with Crippen molar-refractivity contribution in [2.24, 2.45) is 15.9 Å². The van der Waals surface area contributed by atoms with Crippen LogP contribution >= 0.6 is 11.8 Å². The number of aryl methyl sites for hydroxylation is 1. The van der Waals surface area contributed by atoms with Gasteiger partial charge in [-0.3, -0.25) is 20.6 Å². The van der Waals surface area contributed by atoms with Crippen LogP contribution in [0.5, 0.6) is 0 Å². The van der Waals surface area contributed by atoms with Crippen LogP contribution in [0, 0.1) is 29.1 Å². The molecule has 1 aromatic heterocycles. The summed E-state index contributed by atoms with van der Waals surface area (Å²) >= 11 is 0.933. The van der Waals surface area contributed by atoms with Gasteiger partial charge in [-0.05, 0) is 19.1 Å². The first-order valence-electron chi connectivity index (χ1n) is 8.31. The molecule has 0 atom stereocenters.